The van der Waals surface area contributed by atoms with Gasteiger partial charge in [-0.15, -0.1) is 0 Å². The number of carbonyl (C=O) groups is 1. The molecule has 1 saturated carbocycles. The first kappa shape index (κ1) is 16.4. The number of nitrogens with one attached hydrogen (secondary N) is 1. The Kier molecular flexibility index (Phi) is 8.23. The van der Waals surface area contributed by atoms with Crippen LogP contribution in [0.15, 0.2) is 0 Å². The summed E-state index contributed by atoms with van der Waals surface area (Å²) in [7, 11) is 1.93. The Labute approximate surface area is 106 Å². The minimum Gasteiger partial charge on any atom is -0.462 e. The monoisotopic (exact) mass is 243 g/mol. The molecule has 1 aliphatic carbocycles. The lowest BCUT2D eigenvalue weighted by molar-refractivity contribution is -0.147. The van der Waals surface area contributed by atoms with Crippen molar-refractivity contribution in [3.05, 3.63) is 0 Å². The van der Waals surface area contributed by atoms with Crippen molar-refractivity contribution in [3.63, 3.8) is 0 Å². The quantitative estimate of drug-likeness (QED) is 0.771. The average molecular weight is 243 g/mol. The third kappa shape index (κ3) is 6.67. The van der Waals surface area contributed by atoms with Crippen molar-refractivity contribution >= 4 is 6.47 Å². The second-order valence-corrected chi connectivity index (χ2v) is 5.48. The smallest absolute Gasteiger partial charge is 0.293 e. The summed E-state index contributed by atoms with van der Waals surface area (Å²) in [6.07, 6.45) is 4.94. The molecule has 0 atom stereocenters. The molecule has 0 heterocycles. The van der Waals surface area contributed by atoms with Gasteiger partial charge in [0.05, 0.1) is 0 Å². The summed E-state index contributed by atoms with van der Waals surface area (Å²) in [5.41, 5.74) is -0.262. The van der Waals surface area contributed by atoms with Crippen LogP contribution in [0.1, 0.15) is 53.4 Å². The number of carbonyl (C=O) groups excluding carboxylic acids is 1. The molecule has 1 rings (SSSR count). The molecule has 17 heavy (non-hydrogen) atoms. The van der Waals surface area contributed by atoms with Gasteiger partial charge in [0.1, 0.15) is 5.60 Å². The van der Waals surface area contributed by atoms with Crippen molar-refractivity contribution in [1.29, 1.82) is 0 Å². The van der Waals surface area contributed by atoms with Gasteiger partial charge in [0.25, 0.3) is 6.47 Å². The molecular formula is C14H29NO2. The number of hydrogen-bond donors (Lipinski definition) is 1. The fourth-order valence-corrected chi connectivity index (χ4v) is 2.18. The van der Waals surface area contributed by atoms with E-state index in [-0.39, 0.29) is 5.60 Å². The molecule has 0 unspecified atom stereocenters. The van der Waals surface area contributed by atoms with Crippen molar-refractivity contribution in [2.45, 2.75) is 59.0 Å². The molecule has 0 saturated heterocycles. The lowest BCUT2D eigenvalue weighted by Gasteiger charge is -2.36. The Balaban J connectivity index is 0.000000557. The van der Waals surface area contributed by atoms with E-state index >= 15 is 0 Å². The Morgan fingerprint density at radius 3 is 2.12 bits per heavy atom. The lowest BCUT2D eigenvalue weighted by atomic mass is 9.75. The highest BCUT2D eigenvalue weighted by atomic mass is 16.5. The minimum atomic E-state index is -0.262. The van der Waals surface area contributed by atoms with Crippen LogP contribution < -0.4 is 5.32 Å². The minimum absolute atomic E-state index is 0.262. The maximum absolute atomic E-state index is 10.3. The third-order valence-electron chi connectivity index (χ3n) is 3.70. The predicted molar refractivity (Wildman–Crippen MR) is 72.0 cm³/mol. The van der Waals surface area contributed by atoms with Crippen LogP contribution in [-0.2, 0) is 9.53 Å². The molecule has 0 bridgehead atoms. The molecule has 0 aliphatic heterocycles. The van der Waals surface area contributed by atoms with Crippen LogP contribution in [-0.4, -0.2) is 25.7 Å². The van der Waals surface area contributed by atoms with E-state index in [0.29, 0.717) is 12.4 Å². The summed E-state index contributed by atoms with van der Waals surface area (Å²) >= 11 is 0. The molecule has 0 aromatic heterocycles. The molecular weight excluding hydrogens is 214 g/mol. The zero-order valence-electron chi connectivity index (χ0n) is 12.1. The van der Waals surface area contributed by atoms with Gasteiger partial charge in [-0.3, -0.25) is 4.79 Å². The van der Waals surface area contributed by atoms with E-state index in [9.17, 15) is 4.79 Å². The van der Waals surface area contributed by atoms with Crippen LogP contribution in [0.4, 0.5) is 0 Å². The molecule has 0 aromatic rings. The van der Waals surface area contributed by atoms with Crippen LogP contribution in [0.3, 0.4) is 0 Å². The van der Waals surface area contributed by atoms with E-state index in [1.54, 1.807) is 0 Å². The highest BCUT2D eigenvalue weighted by molar-refractivity contribution is 5.38. The largest absolute Gasteiger partial charge is 0.462 e. The van der Waals surface area contributed by atoms with E-state index < -0.39 is 0 Å². The molecule has 1 aliphatic rings. The first-order valence-electron chi connectivity index (χ1n) is 6.74. The zero-order chi connectivity index (χ0) is 13.3. The molecule has 0 spiro atoms. The number of hydrogen-bond acceptors (Lipinski definition) is 3. The predicted octanol–water partition coefficient (Wildman–Crippen LogP) is 2.99. The Hall–Kier alpha value is -0.570. The van der Waals surface area contributed by atoms with Crippen LogP contribution in [0.5, 0.6) is 0 Å². The summed E-state index contributed by atoms with van der Waals surface area (Å²) in [5.74, 6) is 1.40. The van der Waals surface area contributed by atoms with Gasteiger partial charge < -0.3 is 10.1 Å². The fourth-order valence-electron chi connectivity index (χ4n) is 2.18. The molecule has 3 nitrogen and oxygen atoms in total. The average Bonchev–Trinajstić information content (AvgIpc) is 2.30. The highest BCUT2D eigenvalue weighted by Crippen LogP contribution is 2.36. The second-order valence-electron chi connectivity index (χ2n) is 5.48. The maximum Gasteiger partial charge on any atom is 0.293 e. The van der Waals surface area contributed by atoms with Gasteiger partial charge in [0.2, 0.25) is 0 Å². The fraction of sp³-hybridized carbons (Fsp3) is 0.929. The summed E-state index contributed by atoms with van der Waals surface area (Å²) in [5, 5.41) is 2.93. The molecule has 0 aromatic carbocycles. The van der Waals surface area contributed by atoms with E-state index in [0.717, 1.165) is 12.5 Å². The van der Waals surface area contributed by atoms with E-state index in [1.165, 1.54) is 25.7 Å². The topological polar surface area (TPSA) is 38.3 Å². The van der Waals surface area contributed by atoms with Gasteiger partial charge >= 0.3 is 0 Å². The van der Waals surface area contributed by atoms with Gasteiger partial charge in [-0.25, -0.2) is 0 Å². The molecule has 0 radical (unpaired) electrons. The zero-order valence-corrected chi connectivity index (χ0v) is 12.1. The molecule has 1 fully saturated rings. The second kappa shape index (κ2) is 8.51. The van der Waals surface area contributed by atoms with Crippen LogP contribution in [0.2, 0.25) is 0 Å². The number of ether oxygens (including phenoxy) is 1. The highest BCUT2D eigenvalue weighted by Gasteiger charge is 2.33. The Morgan fingerprint density at radius 2 is 1.76 bits per heavy atom. The summed E-state index contributed by atoms with van der Waals surface area (Å²) in [4.78, 5) is 10.3. The third-order valence-corrected chi connectivity index (χ3v) is 3.70. The van der Waals surface area contributed by atoms with Crippen LogP contribution in [0, 0.1) is 11.8 Å². The standard InChI is InChI=1S/C11H20O2.C3H9N/c1-9-4-6-10(7-5-9)11(2,3)13-8-12;1-3-4-2/h8-10H,4-7H2,1-3H3;4H,3H2,1-2H3. The molecule has 0 amide bonds. The van der Waals surface area contributed by atoms with E-state index in [1.807, 2.05) is 20.9 Å². The van der Waals surface area contributed by atoms with Crippen molar-refractivity contribution < 1.29 is 9.53 Å². The normalized spacial score (nSPS) is 24.5. The van der Waals surface area contributed by atoms with Gasteiger partial charge in [-0.05, 0) is 52.1 Å². The van der Waals surface area contributed by atoms with E-state index in [2.05, 4.69) is 19.2 Å². The summed E-state index contributed by atoms with van der Waals surface area (Å²) in [6.45, 7) is 10.0. The SMILES string of the molecule is CC1CCC(C(C)(C)OC=O)CC1.CCNC. The van der Waals surface area contributed by atoms with Crippen molar-refractivity contribution in [3.8, 4) is 0 Å². The Morgan fingerprint density at radius 1 is 1.29 bits per heavy atom. The van der Waals surface area contributed by atoms with E-state index in [4.69, 9.17) is 4.74 Å². The summed E-state index contributed by atoms with van der Waals surface area (Å²) in [6, 6.07) is 0. The summed E-state index contributed by atoms with van der Waals surface area (Å²) < 4.78 is 5.12. The molecule has 102 valence electrons. The number of rotatable bonds is 4. The first-order valence-corrected chi connectivity index (χ1v) is 6.74. The van der Waals surface area contributed by atoms with Crippen molar-refractivity contribution in [2.75, 3.05) is 13.6 Å². The van der Waals surface area contributed by atoms with Gasteiger partial charge in [0.15, 0.2) is 0 Å². The van der Waals surface area contributed by atoms with Gasteiger partial charge in [-0.1, -0.05) is 26.7 Å². The molecule has 3 heteroatoms. The maximum atomic E-state index is 10.3. The first-order chi connectivity index (χ1) is 7.97. The van der Waals surface area contributed by atoms with Crippen LogP contribution >= 0.6 is 0 Å². The molecule has 1 N–H and O–H groups in total. The van der Waals surface area contributed by atoms with Crippen LogP contribution in [0.25, 0.3) is 0 Å². The van der Waals surface area contributed by atoms with Crippen molar-refractivity contribution in [1.82, 2.24) is 5.32 Å². The lowest BCUT2D eigenvalue weighted by Crippen LogP contribution is -2.36. The van der Waals surface area contributed by atoms with Gasteiger partial charge in [-0.2, -0.15) is 0 Å². The Bertz CT molecular complexity index is 194. The van der Waals surface area contributed by atoms with Crippen molar-refractivity contribution in [2.24, 2.45) is 11.8 Å². The van der Waals surface area contributed by atoms with Gasteiger partial charge in [0, 0.05) is 0 Å².